The van der Waals surface area contributed by atoms with Gasteiger partial charge in [0.25, 0.3) is 0 Å². The van der Waals surface area contributed by atoms with Crippen molar-refractivity contribution in [2.75, 3.05) is 29.9 Å². The molecule has 0 spiro atoms. The number of hydrogen-bond donors (Lipinski definition) is 3. The number of aromatic amines is 1. The molecule has 110 valence electrons. The Bertz CT molecular complexity index is 553. The minimum atomic E-state index is 0.170. The first-order chi connectivity index (χ1) is 9.67. The molecule has 0 unspecified atom stereocenters. The van der Waals surface area contributed by atoms with Gasteiger partial charge in [-0.1, -0.05) is 0 Å². The van der Waals surface area contributed by atoms with Crippen molar-refractivity contribution in [3.05, 3.63) is 6.20 Å². The van der Waals surface area contributed by atoms with E-state index in [-0.39, 0.29) is 12.6 Å². The lowest BCUT2D eigenvalue weighted by atomic mass is 10.2. The molecule has 20 heavy (non-hydrogen) atoms. The van der Waals surface area contributed by atoms with Crippen LogP contribution in [0.1, 0.15) is 27.2 Å². The molecule has 0 aliphatic heterocycles. The molecule has 0 aliphatic carbocycles. The van der Waals surface area contributed by atoms with Crippen LogP contribution in [-0.4, -0.2) is 51.0 Å². The summed E-state index contributed by atoms with van der Waals surface area (Å²) in [6, 6.07) is 0.282. The highest BCUT2D eigenvalue weighted by Crippen LogP contribution is 2.25. The smallest absolute Gasteiger partial charge is 0.226 e. The second-order valence-electron chi connectivity index (χ2n) is 4.90. The zero-order valence-corrected chi connectivity index (χ0v) is 12.2. The molecule has 7 nitrogen and oxygen atoms in total. The fourth-order valence-electron chi connectivity index (χ4n) is 2.13. The number of aliphatic hydroxyl groups is 1. The molecule has 2 aromatic rings. The summed E-state index contributed by atoms with van der Waals surface area (Å²) in [5, 5.41) is 20.0. The number of nitrogens with zero attached hydrogens (tertiary/aromatic N) is 4. The van der Waals surface area contributed by atoms with Crippen LogP contribution in [0.4, 0.5) is 11.8 Å². The monoisotopic (exact) mass is 278 g/mol. The third-order valence-corrected chi connectivity index (χ3v) is 3.08. The van der Waals surface area contributed by atoms with Crippen molar-refractivity contribution in [3.63, 3.8) is 0 Å². The summed E-state index contributed by atoms with van der Waals surface area (Å²) in [6.07, 6.45) is 2.45. The first kappa shape index (κ1) is 14.5. The maximum absolute atomic E-state index is 9.07. The van der Waals surface area contributed by atoms with Gasteiger partial charge in [-0.3, -0.25) is 5.10 Å². The number of hydrogen-bond acceptors (Lipinski definition) is 6. The van der Waals surface area contributed by atoms with E-state index in [0.29, 0.717) is 12.4 Å². The lowest BCUT2D eigenvalue weighted by Gasteiger charge is -2.28. The van der Waals surface area contributed by atoms with E-state index in [1.54, 1.807) is 6.20 Å². The van der Waals surface area contributed by atoms with E-state index in [1.165, 1.54) is 0 Å². The molecule has 0 aromatic carbocycles. The number of aliphatic hydroxyl groups excluding tert-OH is 1. The summed E-state index contributed by atoms with van der Waals surface area (Å²) >= 11 is 0. The highest BCUT2D eigenvalue weighted by Gasteiger charge is 2.18. The molecule has 0 saturated carbocycles. The molecule has 0 aliphatic rings. The molecule has 0 fully saturated rings. The molecule has 2 rings (SSSR count). The molecular weight excluding hydrogens is 256 g/mol. The van der Waals surface area contributed by atoms with E-state index in [0.717, 1.165) is 29.9 Å². The maximum atomic E-state index is 9.07. The number of nitrogens with one attached hydrogen (secondary N) is 2. The highest BCUT2D eigenvalue weighted by molar-refractivity contribution is 5.87. The first-order valence-electron chi connectivity index (χ1n) is 6.99. The molecule has 0 saturated heterocycles. The van der Waals surface area contributed by atoms with Crippen LogP contribution in [0.3, 0.4) is 0 Å². The van der Waals surface area contributed by atoms with Crippen molar-refractivity contribution in [2.45, 2.75) is 33.2 Å². The Morgan fingerprint density at radius 1 is 1.40 bits per heavy atom. The molecule has 0 atom stereocenters. The van der Waals surface area contributed by atoms with Crippen LogP contribution in [0.25, 0.3) is 11.0 Å². The third kappa shape index (κ3) is 2.98. The van der Waals surface area contributed by atoms with Gasteiger partial charge in [0.2, 0.25) is 5.95 Å². The van der Waals surface area contributed by atoms with Crippen LogP contribution in [-0.2, 0) is 0 Å². The zero-order valence-electron chi connectivity index (χ0n) is 12.2. The Hall–Kier alpha value is -1.89. The quantitative estimate of drug-likeness (QED) is 0.709. The topological polar surface area (TPSA) is 90.0 Å². The Labute approximate surface area is 118 Å². The van der Waals surface area contributed by atoms with E-state index in [2.05, 4.69) is 44.2 Å². The molecular formula is C13H22N6O. The predicted octanol–water partition coefficient (Wildman–Crippen LogP) is 1.38. The summed E-state index contributed by atoms with van der Waals surface area (Å²) in [4.78, 5) is 11.2. The lowest BCUT2D eigenvalue weighted by Crippen LogP contribution is -2.33. The average molecular weight is 278 g/mol. The zero-order chi connectivity index (χ0) is 14.5. The lowest BCUT2D eigenvalue weighted by molar-refractivity contribution is 0.288. The molecule has 2 aromatic heterocycles. The van der Waals surface area contributed by atoms with Crippen LogP contribution in [0, 0.1) is 0 Å². The number of anilines is 2. The SMILES string of the molecule is CCNc1nc(N(CCCO)C(C)C)c2cn[nH]c2n1. The van der Waals surface area contributed by atoms with Crippen LogP contribution < -0.4 is 10.2 Å². The van der Waals surface area contributed by atoms with Crippen molar-refractivity contribution in [2.24, 2.45) is 0 Å². The first-order valence-corrected chi connectivity index (χ1v) is 6.99. The molecule has 0 bridgehead atoms. The van der Waals surface area contributed by atoms with Crippen molar-refractivity contribution >= 4 is 22.8 Å². The highest BCUT2D eigenvalue weighted by atomic mass is 16.3. The third-order valence-electron chi connectivity index (χ3n) is 3.08. The molecule has 7 heteroatoms. The van der Waals surface area contributed by atoms with Gasteiger partial charge in [-0.05, 0) is 27.2 Å². The van der Waals surface area contributed by atoms with Crippen molar-refractivity contribution in [3.8, 4) is 0 Å². The van der Waals surface area contributed by atoms with Gasteiger partial charge in [-0.25, -0.2) is 0 Å². The average Bonchev–Trinajstić information content (AvgIpc) is 2.87. The molecule has 0 radical (unpaired) electrons. The predicted molar refractivity (Wildman–Crippen MR) is 80.0 cm³/mol. The molecule has 2 heterocycles. The van der Waals surface area contributed by atoms with E-state index >= 15 is 0 Å². The normalized spacial score (nSPS) is 11.2. The standard InChI is InChI=1S/C13H22N6O/c1-4-14-13-16-11-10(8-15-18-11)12(17-13)19(9(2)3)6-5-7-20/h8-9,20H,4-7H2,1-3H3,(H2,14,15,16,17,18). The number of H-pyrrole nitrogens is 1. The molecule has 3 N–H and O–H groups in total. The second-order valence-corrected chi connectivity index (χ2v) is 4.90. The fraction of sp³-hybridized carbons (Fsp3) is 0.615. The van der Waals surface area contributed by atoms with E-state index in [4.69, 9.17) is 5.11 Å². The summed E-state index contributed by atoms with van der Waals surface area (Å²) < 4.78 is 0. The largest absolute Gasteiger partial charge is 0.396 e. The van der Waals surface area contributed by atoms with Crippen molar-refractivity contribution in [1.82, 2.24) is 20.2 Å². The summed E-state index contributed by atoms with van der Waals surface area (Å²) in [5.41, 5.74) is 0.723. The summed E-state index contributed by atoms with van der Waals surface area (Å²) in [6.45, 7) is 7.90. The van der Waals surface area contributed by atoms with Crippen LogP contribution in [0.15, 0.2) is 6.20 Å². The van der Waals surface area contributed by atoms with E-state index < -0.39 is 0 Å². The van der Waals surface area contributed by atoms with E-state index in [9.17, 15) is 0 Å². The number of aromatic nitrogens is 4. The summed E-state index contributed by atoms with van der Waals surface area (Å²) in [7, 11) is 0. The van der Waals surface area contributed by atoms with Crippen molar-refractivity contribution in [1.29, 1.82) is 0 Å². The summed E-state index contributed by atoms with van der Waals surface area (Å²) in [5.74, 6) is 1.44. The van der Waals surface area contributed by atoms with Gasteiger partial charge in [0.1, 0.15) is 5.82 Å². The number of rotatable bonds is 7. The van der Waals surface area contributed by atoms with Gasteiger partial charge < -0.3 is 15.3 Å². The Morgan fingerprint density at radius 2 is 2.20 bits per heavy atom. The van der Waals surface area contributed by atoms with Crippen LogP contribution in [0.2, 0.25) is 0 Å². The van der Waals surface area contributed by atoms with Gasteiger partial charge in [0.05, 0.1) is 11.6 Å². The molecule has 0 amide bonds. The van der Waals surface area contributed by atoms with Gasteiger partial charge in [-0.15, -0.1) is 0 Å². The fourth-order valence-corrected chi connectivity index (χ4v) is 2.13. The minimum absolute atomic E-state index is 0.170. The Balaban J connectivity index is 2.45. The van der Waals surface area contributed by atoms with Gasteiger partial charge in [0.15, 0.2) is 5.65 Å². The Kier molecular flexibility index (Phi) is 4.73. The Morgan fingerprint density at radius 3 is 2.85 bits per heavy atom. The van der Waals surface area contributed by atoms with Gasteiger partial charge in [-0.2, -0.15) is 15.1 Å². The van der Waals surface area contributed by atoms with Gasteiger partial charge >= 0.3 is 0 Å². The van der Waals surface area contributed by atoms with Crippen LogP contribution in [0.5, 0.6) is 0 Å². The van der Waals surface area contributed by atoms with E-state index in [1.807, 2.05) is 6.92 Å². The van der Waals surface area contributed by atoms with Crippen molar-refractivity contribution < 1.29 is 5.11 Å². The minimum Gasteiger partial charge on any atom is -0.396 e. The second kappa shape index (κ2) is 6.51. The van der Waals surface area contributed by atoms with Gasteiger partial charge in [0, 0.05) is 25.7 Å². The number of fused-ring (bicyclic) bond motifs is 1. The van der Waals surface area contributed by atoms with Crippen LogP contribution >= 0.6 is 0 Å². The maximum Gasteiger partial charge on any atom is 0.226 e.